The summed E-state index contributed by atoms with van der Waals surface area (Å²) in [5.74, 6) is 1.79. The van der Waals surface area contributed by atoms with Crippen molar-refractivity contribution in [3.05, 3.63) is 66.4 Å². The number of thioether (sulfide) groups is 1. The second-order valence-electron chi connectivity index (χ2n) is 9.58. The molecule has 1 aromatic heterocycles. The zero-order valence-electron chi connectivity index (χ0n) is 20.9. The molecule has 1 aliphatic rings. The van der Waals surface area contributed by atoms with E-state index in [-0.39, 0.29) is 6.42 Å². The summed E-state index contributed by atoms with van der Waals surface area (Å²) in [5, 5.41) is 21.3. The fourth-order valence-electron chi connectivity index (χ4n) is 5.28. The Labute approximate surface area is 217 Å². The molecular weight excluding hydrogens is 472 g/mol. The highest BCUT2D eigenvalue weighted by molar-refractivity contribution is 7.99. The number of pyridine rings is 1. The molecule has 0 bridgehead atoms. The van der Waals surface area contributed by atoms with Crippen LogP contribution in [-0.4, -0.2) is 58.6 Å². The van der Waals surface area contributed by atoms with Crippen molar-refractivity contribution in [2.75, 3.05) is 32.5 Å². The summed E-state index contributed by atoms with van der Waals surface area (Å²) in [6, 6.07) is 18.1. The van der Waals surface area contributed by atoms with Gasteiger partial charge in [0.1, 0.15) is 5.75 Å². The molecule has 0 saturated carbocycles. The number of rotatable bonds is 12. The summed E-state index contributed by atoms with van der Waals surface area (Å²) >= 11 is 1.87. The lowest BCUT2D eigenvalue weighted by atomic mass is 9.79. The molecule has 7 heteroatoms. The molecule has 6 nitrogen and oxygen atoms in total. The number of carbonyl (C=O) groups is 1. The summed E-state index contributed by atoms with van der Waals surface area (Å²) in [4.78, 5) is 19.5. The summed E-state index contributed by atoms with van der Waals surface area (Å²) in [6.45, 7) is 2.96. The zero-order chi connectivity index (χ0) is 25.3. The molecule has 192 valence electrons. The highest BCUT2D eigenvalue weighted by atomic mass is 32.2. The van der Waals surface area contributed by atoms with Gasteiger partial charge < -0.3 is 19.8 Å². The van der Waals surface area contributed by atoms with Crippen LogP contribution in [0.15, 0.2) is 65.7 Å². The highest BCUT2D eigenvalue weighted by Gasteiger charge is 2.30. The Balaban J connectivity index is 1.35. The minimum absolute atomic E-state index is 0.200. The predicted octanol–water partition coefficient (Wildman–Crippen LogP) is 5.65. The van der Waals surface area contributed by atoms with Gasteiger partial charge in [-0.15, -0.1) is 11.8 Å². The molecule has 0 aliphatic carbocycles. The molecule has 4 rings (SSSR count). The summed E-state index contributed by atoms with van der Waals surface area (Å²) in [5.41, 5.74) is 1.71. The van der Waals surface area contributed by atoms with Crippen molar-refractivity contribution >= 4 is 28.6 Å². The first-order valence-corrected chi connectivity index (χ1v) is 13.7. The number of aliphatic carboxylic acids is 1. The van der Waals surface area contributed by atoms with E-state index in [0.717, 1.165) is 60.4 Å². The third-order valence-electron chi connectivity index (χ3n) is 7.28. The van der Waals surface area contributed by atoms with Crippen molar-refractivity contribution in [2.24, 2.45) is 11.8 Å². The predicted molar refractivity (Wildman–Crippen MR) is 145 cm³/mol. The number of carboxylic acids is 1. The number of aromatic nitrogens is 1. The van der Waals surface area contributed by atoms with Crippen LogP contribution in [0.25, 0.3) is 10.9 Å². The molecule has 2 heterocycles. The number of aliphatic hydroxyl groups excluding tert-OH is 1. The Bertz CT molecular complexity index is 1130. The number of ether oxygens (including phenoxy) is 1. The molecule has 3 aromatic rings. The van der Waals surface area contributed by atoms with Gasteiger partial charge in [-0.1, -0.05) is 18.2 Å². The first-order chi connectivity index (χ1) is 17.5. The average Bonchev–Trinajstić information content (AvgIpc) is 2.91. The van der Waals surface area contributed by atoms with Crippen LogP contribution in [0.4, 0.5) is 0 Å². The Morgan fingerprint density at radius 2 is 2.00 bits per heavy atom. The minimum Gasteiger partial charge on any atom is -0.497 e. The lowest BCUT2D eigenvalue weighted by Crippen LogP contribution is -2.41. The molecule has 3 atom stereocenters. The minimum atomic E-state index is -0.734. The number of piperidine rings is 1. The SMILES string of the molecule is COc1ccc2nccc([C@@H](O)CCC3CCN(CCSc4ccccc4)CC3CCC(=O)O)c2c1. The van der Waals surface area contributed by atoms with Gasteiger partial charge in [0.05, 0.1) is 18.7 Å². The quantitative estimate of drug-likeness (QED) is 0.306. The average molecular weight is 509 g/mol. The van der Waals surface area contributed by atoms with Crippen LogP contribution in [-0.2, 0) is 4.79 Å². The van der Waals surface area contributed by atoms with Crippen LogP contribution >= 0.6 is 11.8 Å². The number of hydrogen-bond acceptors (Lipinski definition) is 6. The van der Waals surface area contributed by atoms with Crippen molar-refractivity contribution in [3.63, 3.8) is 0 Å². The lowest BCUT2D eigenvalue weighted by Gasteiger charge is -2.39. The Morgan fingerprint density at radius 1 is 1.17 bits per heavy atom. The number of nitrogens with zero attached hydrogens (tertiary/aromatic N) is 2. The Hall–Kier alpha value is -2.61. The van der Waals surface area contributed by atoms with Crippen LogP contribution in [0.1, 0.15) is 43.8 Å². The zero-order valence-corrected chi connectivity index (χ0v) is 21.7. The monoisotopic (exact) mass is 508 g/mol. The van der Waals surface area contributed by atoms with E-state index in [9.17, 15) is 15.0 Å². The lowest BCUT2D eigenvalue weighted by molar-refractivity contribution is -0.137. The summed E-state index contributed by atoms with van der Waals surface area (Å²) < 4.78 is 5.37. The van der Waals surface area contributed by atoms with E-state index in [1.54, 1.807) is 13.3 Å². The first-order valence-electron chi connectivity index (χ1n) is 12.8. The molecule has 2 N–H and O–H groups in total. The maximum atomic E-state index is 11.3. The van der Waals surface area contributed by atoms with E-state index >= 15 is 0 Å². The molecule has 1 saturated heterocycles. The molecule has 1 fully saturated rings. The maximum absolute atomic E-state index is 11.3. The largest absolute Gasteiger partial charge is 0.497 e. The maximum Gasteiger partial charge on any atom is 0.303 e. The van der Waals surface area contributed by atoms with Crippen LogP contribution in [0.2, 0.25) is 0 Å². The van der Waals surface area contributed by atoms with Crippen molar-refractivity contribution in [3.8, 4) is 5.75 Å². The third-order valence-corrected chi connectivity index (χ3v) is 8.27. The number of hydrogen-bond donors (Lipinski definition) is 2. The highest BCUT2D eigenvalue weighted by Crippen LogP contribution is 2.35. The van der Waals surface area contributed by atoms with Gasteiger partial charge in [0.25, 0.3) is 0 Å². The summed E-state index contributed by atoms with van der Waals surface area (Å²) in [7, 11) is 1.64. The number of benzene rings is 2. The van der Waals surface area contributed by atoms with Gasteiger partial charge in [0.15, 0.2) is 0 Å². The molecule has 2 unspecified atom stereocenters. The van der Waals surface area contributed by atoms with E-state index in [1.165, 1.54) is 4.90 Å². The first kappa shape index (κ1) is 26.5. The molecule has 1 aliphatic heterocycles. The van der Waals surface area contributed by atoms with Gasteiger partial charge in [0, 0.05) is 41.7 Å². The van der Waals surface area contributed by atoms with Crippen molar-refractivity contribution in [2.45, 2.75) is 43.1 Å². The standard InChI is InChI=1S/C29H36N2O4S/c1-35-23-9-10-27-26(19-23)25(13-15-30-27)28(32)11-7-21-14-16-31(20-22(21)8-12-29(33)34)17-18-36-24-5-3-2-4-6-24/h2-6,9-10,13,15,19,21-22,28,32H,7-8,11-12,14,16-18,20H2,1H3,(H,33,34)/t21?,22?,28-/m0/s1. The van der Waals surface area contributed by atoms with Crippen LogP contribution in [0.3, 0.4) is 0 Å². The Kier molecular flexibility index (Phi) is 9.61. The molecule has 0 spiro atoms. The van der Waals surface area contributed by atoms with Gasteiger partial charge >= 0.3 is 5.97 Å². The molecule has 0 radical (unpaired) electrons. The van der Waals surface area contributed by atoms with E-state index < -0.39 is 12.1 Å². The number of likely N-dealkylation sites (tertiary alicyclic amines) is 1. The fourth-order valence-corrected chi connectivity index (χ4v) is 6.21. The van der Waals surface area contributed by atoms with Gasteiger partial charge in [-0.3, -0.25) is 9.78 Å². The molecule has 0 amide bonds. The van der Waals surface area contributed by atoms with Crippen LogP contribution in [0, 0.1) is 11.8 Å². The number of carboxylic acid groups (broad SMARTS) is 1. The number of aliphatic hydroxyl groups is 1. The molecular formula is C29H36N2O4S. The Morgan fingerprint density at radius 3 is 2.78 bits per heavy atom. The van der Waals surface area contributed by atoms with Crippen molar-refractivity contribution in [1.82, 2.24) is 9.88 Å². The van der Waals surface area contributed by atoms with Crippen LogP contribution < -0.4 is 4.74 Å². The van der Waals surface area contributed by atoms with Gasteiger partial charge in [-0.05, 0) is 86.0 Å². The van der Waals surface area contributed by atoms with Gasteiger partial charge in [-0.2, -0.15) is 0 Å². The van der Waals surface area contributed by atoms with Crippen molar-refractivity contribution in [1.29, 1.82) is 0 Å². The van der Waals surface area contributed by atoms with Crippen molar-refractivity contribution < 1.29 is 19.7 Å². The van der Waals surface area contributed by atoms with Gasteiger partial charge in [-0.25, -0.2) is 0 Å². The normalized spacial score (nSPS) is 19.3. The van der Waals surface area contributed by atoms with E-state index in [1.807, 2.05) is 42.1 Å². The second kappa shape index (κ2) is 13.1. The smallest absolute Gasteiger partial charge is 0.303 e. The molecule has 36 heavy (non-hydrogen) atoms. The molecule has 2 aromatic carbocycles. The van der Waals surface area contributed by atoms with E-state index in [0.29, 0.717) is 24.7 Å². The second-order valence-corrected chi connectivity index (χ2v) is 10.7. The third kappa shape index (κ3) is 7.21. The topological polar surface area (TPSA) is 82.9 Å². The van der Waals surface area contributed by atoms with Crippen LogP contribution in [0.5, 0.6) is 5.75 Å². The van der Waals surface area contributed by atoms with E-state index in [4.69, 9.17) is 4.74 Å². The van der Waals surface area contributed by atoms with Gasteiger partial charge in [0.2, 0.25) is 0 Å². The summed E-state index contributed by atoms with van der Waals surface area (Å²) in [6.07, 6.45) is 4.61. The number of methoxy groups -OCH3 is 1. The van der Waals surface area contributed by atoms with E-state index in [2.05, 4.69) is 34.1 Å². The fraction of sp³-hybridized carbons (Fsp3) is 0.448. The number of fused-ring (bicyclic) bond motifs is 1.